The molecule has 0 saturated carbocycles. The largest absolute Gasteiger partial charge is 0.372 e. The summed E-state index contributed by atoms with van der Waals surface area (Å²) in [5.74, 6) is 0. The molecule has 0 spiro atoms. The van der Waals surface area contributed by atoms with Crippen molar-refractivity contribution < 1.29 is 4.74 Å². The van der Waals surface area contributed by atoms with Gasteiger partial charge in [0.05, 0.1) is 29.9 Å². The van der Waals surface area contributed by atoms with E-state index in [9.17, 15) is 0 Å². The van der Waals surface area contributed by atoms with Gasteiger partial charge in [-0.25, -0.2) is 4.98 Å². The first-order chi connectivity index (χ1) is 11.3. The third-order valence-corrected chi connectivity index (χ3v) is 4.61. The molecule has 3 heterocycles. The minimum Gasteiger partial charge on any atom is -0.372 e. The molecule has 0 unspecified atom stereocenters. The van der Waals surface area contributed by atoms with Crippen LogP contribution in [0.1, 0.15) is 30.2 Å². The normalized spacial score (nSPS) is 21.8. The summed E-state index contributed by atoms with van der Waals surface area (Å²) >= 11 is 0. The van der Waals surface area contributed by atoms with Crippen molar-refractivity contribution in [2.45, 2.75) is 31.5 Å². The second kappa shape index (κ2) is 6.14. The quantitative estimate of drug-likeness (QED) is 0.776. The molecule has 6 heteroatoms. The van der Waals surface area contributed by atoms with Gasteiger partial charge in [0.25, 0.3) is 0 Å². The van der Waals surface area contributed by atoms with Gasteiger partial charge in [-0.1, -0.05) is 18.2 Å². The van der Waals surface area contributed by atoms with E-state index in [1.54, 1.807) is 0 Å². The highest BCUT2D eigenvalue weighted by molar-refractivity contribution is 5.81. The molecule has 0 amide bonds. The van der Waals surface area contributed by atoms with Crippen molar-refractivity contribution in [3.05, 3.63) is 48.2 Å². The van der Waals surface area contributed by atoms with Gasteiger partial charge in [-0.15, -0.1) is 0 Å². The zero-order chi connectivity index (χ0) is 15.6. The van der Waals surface area contributed by atoms with Gasteiger partial charge in [0.1, 0.15) is 6.10 Å². The SMILES string of the molecule is Cn1cncc1[C@@H]1C[C@@H](NCc2cccc3cn[nH]c23)CCO1. The molecule has 1 saturated heterocycles. The minimum absolute atomic E-state index is 0.122. The molecule has 23 heavy (non-hydrogen) atoms. The Morgan fingerprint density at radius 3 is 3.22 bits per heavy atom. The molecule has 0 radical (unpaired) electrons. The molecule has 0 bridgehead atoms. The van der Waals surface area contributed by atoms with Gasteiger partial charge in [0.2, 0.25) is 0 Å². The summed E-state index contributed by atoms with van der Waals surface area (Å²) in [5.41, 5.74) is 3.52. The Bertz CT molecular complexity index is 793. The van der Waals surface area contributed by atoms with Crippen LogP contribution in [0.2, 0.25) is 0 Å². The van der Waals surface area contributed by atoms with E-state index in [1.165, 1.54) is 5.56 Å². The molecule has 0 aliphatic carbocycles. The van der Waals surface area contributed by atoms with Gasteiger partial charge in [0, 0.05) is 31.6 Å². The van der Waals surface area contributed by atoms with Gasteiger partial charge < -0.3 is 14.6 Å². The van der Waals surface area contributed by atoms with Gasteiger partial charge in [-0.2, -0.15) is 5.10 Å². The monoisotopic (exact) mass is 311 g/mol. The van der Waals surface area contributed by atoms with Crippen LogP contribution in [0.25, 0.3) is 10.9 Å². The van der Waals surface area contributed by atoms with Gasteiger partial charge in [-0.3, -0.25) is 5.10 Å². The molecule has 1 aromatic carbocycles. The number of aromatic nitrogens is 4. The topological polar surface area (TPSA) is 67.8 Å². The Hall–Kier alpha value is -2.18. The highest BCUT2D eigenvalue weighted by Gasteiger charge is 2.25. The van der Waals surface area contributed by atoms with Gasteiger partial charge in [0.15, 0.2) is 0 Å². The van der Waals surface area contributed by atoms with Crippen LogP contribution in [0.4, 0.5) is 0 Å². The van der Waals surface area contributed by atoms with Crippen LogP contribution in [-0.4, -0.2) is 32.4 Å². The van der Waals surface area contributed by atoms with E-state index in [2.05, 4.69) is 38.7 Å². The van der Waals surface area contributed by atoms with Crippen LogP contribution in [0.3, 0.4) is 0 Å². The fraction of sp³-hybridized carbons (Fsp3) is 0.412. The number of benzene rings is 1. The van der Waals surface area contributed by atoms with Crippen LogP contribution in [0.5, 0.6) is 0 Å². The number of nitrogens with zero attached hydrogens (tertiary/aromatic N) is 3. The lowest BCUT2D eigenvalue weighted by Crippen LogP contribution is -2.36. The van der Waals surface area contributed by atoms with Crippen molar-refractivity contribution >= 4 is 10.9 Å². The van der Waals surface area contributed by atoms with E-state index in [4.69, 9.17) is 4.74 Å². The molecule has 6 nitrogen and oxygen atoms in total. The lowest BCUT2D eigenvalue weighted by Gasteiger charge is -2.30. The molecule has 1 aliphatic heterocycles. The number of H-pyrrole nitrogens is 1. The maximum Gasteiger partial charge on any atom is 0.100 e. The molecule has 4 rings (SSSR count). The number of nitrogens with one attached hydrogen (secondary N) is 2. The van der Waals surface area contributed by atoms with Crippen molar-refractivity contribution in [1.29, 1.82) is 0 Å². The standard InChI is InChI=1S/C17H21N5O/c1-22-11-18-10-15(22)16-7-14(5-6-23-16)19-8-12-3-2-4-13-9-20-21-17(12)13/h2-4,9-11,14,16,19H,5-8H2,1H3,(H,20,21)/t14-,16-/m0/s1. The Labute approximate surface area is 134 Å². The summed E-state index contributed by atoms with van der Waals surface area (Å²) in [4.78, 5) is 4.20. The molecule has 3 aromatic rings. The van der Waals surface area contributed by atoms with E-state index in [0.717, 1.165) is 42.6 Å². The molecule has 1 aliphatic rings. The maximum atomic E-state index is 5.93. The average molecular weight is 311 g/mol. The fourth-order valence-corrected chi connectivity index (χ4v) is 3.30. The number of rotatable bonds is 4. The molecule has 120 valence electrons. The second-order valence-electron chi connectivity index (χ2n) is 6.14. The highest BCUT2D eigenvalue weighted by Crippen LogP contribution is 2.28. The van der Waals surface area contributed by atoms with Crippen LogP contribution in [0.15, 0.2) is 36.9 Å². The van der Waals surface area contributed by atoms with Gasteiger partial charge in [-0.05, 0) is 18.4 Å². The summed E-state index contributed by atoms with van der Waals surface area (Å²) in [7, 11) is 2.02. The number of para-hydroxylation sites is 1. The Morgan fingerprint density at radius 2 is 2.35 bits per heavy atom. The summed E-state index contributed by atoms with van der Waals surface area (Å²) < 4.78 is 7.97. The average Bonchev–Trinajstić information content (AvgIpc) is 3.22. The zero-order valence-corrected chi connectivity index (χ0v) is 13.2. The van der Waals surface area contributed by atoms with Crippen molar-refractivity contribution in [3.63, 3.8) is 0 Å². The van der Waals surface area contributed by atoms with E-state index in [-0.39, 0.29) is 6.10 Å². The first kappa shape index (κ1) is 14.4. The van der Waals surface area contributed by atoms with Crippen molar-refractivity contribution in [1.82, 2.24) is 25.1 Å². The number of hydrogen-bond acceptors (Lipinski definition) is 4. The van der Waals surface area contributed by atoms with Crippen LogP contribution < -0.4 is 5.32 Å². The fourth-order valence-electron chi connectivity index (χ4n) is 3.30. The first-order valence-corrected chi connectivity index (χ1v) is 8.03. The summed E-state index contributed by atoms with van der Waals surface area (Å²) in [6, 6.07) is 6.75. The number of aryl methyl sites for hydroxylation is 1. The summed E-state index contributed by atoms with van der Waals surface area (Å²) in [5, 5.41) is 12.0. The molecule has 2 aromatic heterocycles. The number of ether oxygens (including phenoxy) is 1. The smallest absolute Gasteiger partial charge is 0.100 e. The lowest BCUT2D eigenvalue weighted by molar-refractivity contribution is -0.00402. The molecular formula is C17H21N5O. The first-order valence-electron chi connectivity index (χ1n) is 8.03. The maximum absolute atomic E-state index is 5.93. The molecule has 1 fully saturated rings. The summed E-state index contributed by atoms with van der Waals surface area (Å²) in [6.07, 6.45) is 7.72. The van der Waals surface area contributed by atoms with E-state index < -0.39 is 0 Å². The zero-order valence-electron chi connectivity index (χ0n) is 13.2. The van der Waals surface area contributed by atoms with Crippen molar-refractivity contribution in [2.24, 2.45) is 7.05 Å². The number of fused-ring (bicyclic) bond motifs is 1. The predicted octanol–water partition coefficient (Wildman–Crippen LogP) is 2.31. The minimum atomic E-state index is 0.122. The Morgan fingerprint density at radius 1 is 1.39 bits per heavy atom. The second-order valence-corrected chi connectivity index (χ2v) is 6.14. The van der Waals surface area contributed by atoms with Crippen molar-refractivity contribution in [3.8, 4) is 0 Å². The van der Waals surface area contributed by atoms with Crippen molar-refractivity contribution in [2.75, 3.05) is 6.61 Å². The van der Waals surface area contributed by atoms with Gasteiger partial charge >= 0.3 is 0 Å². The third kappa shape index (κ3) is 2.87. The lowest BCUT2D eigenvalue weighted by atomic mass is 10.0. The number of aromatic amines is 1. The van der Waals surface area contributed by atoms with E-state index in [1.807, 2.05) is 30.3 Å². The Kier molecular flexibility index (Phi) is 3.85. The summed E-state index contributed by atoms with van der Waals surface area (Å²) in [6.45, 7) is 1.62. The predicted molar refractivity (Wildman–Crippen MR) is 87.9 cm³/mol. The Balaban J connectivity index is 1.43. The van der Waals surface area contributed by atoms with Crippen LogP contribution >= 0.6 is 0 Å². The van der Waals surface area contributed by atoms with Crippen LogP contribution in [0, 0.1) is 0 Å². The number of imidazole rings is 1. The number of hydrogen-bond donors (Lipinski definition) is 2. The molecule has 2 atom stereocenters. The highest BCUT2D eigenvalue weighted by atomic mass is 16.5. The molecular weight excluding hydrogens is 290 g/mol. The third-order valence-electron chi connectivity index (χ3n) is 4.61. The van der Waals surface area contributed by atoms with Crippen LogP contribution in [-0.2, 0) is 18.3 Å². The molecule has 2 N–H and O–H groups in total. The van der Waals surface area contributed by atoms with E-state index >= 15 is 0 Å². The van der Waals surface area contributed by atoms with E-state index in [0.29, 0.717) is 6.04 Å².